The topological polar surface area (TPSA) is 55.1 Å². The van der Waals surface area contributed by atoms with Crippen LogP contribution in [-0.2, 0) is 0 Å². The Kier molecular flexibility index (Phi) is 3.97. The van der Waals surface area contributed by atoms with Gasteiger partial charge in [-0.15, -0.1) is 11.3 Å². The molecule has 3 aromatic rings. The quantitative estimate of drug-likeness (QED) is 0.651. The van der Waals surface area contributed by atoms with Gasteiger partial charge in [-0.25, -0.2) is 9.48 Å². The Hall–Kier alpha value is -1.44. The molecule has 0 bridgehead atoms. The third-order valence-corrected chi connectivity index (χ3v) is 5.15. The first-order valence-corrected chi connectivity index (χ1v) is 8.30. The van der Waals surface area contributed by atoms with E-state index in [0.717, 1.165) is 18.8 Å². The Labute approximate surface area is 141 Å². The average molecular weight is 428 g/mol. The molecule has 0 fully saturated rings. The number of nitrogens with zero attached hydrogens (tertiary/aromatic N) is 2. The van der Waals surface area contributed by atoms with Crippen LogP contribution in [0.4, 0.5) is 0 Å². The van der Waals surface area contributed by atoms with Crippen molar-refractivity contribution < 1.29 is 9.90 Å². The van der Waals surface area contributed by atoms with Crippen LogP contribution in [0.5, 0.6) is 0 Å². The van der Waals surface area contributed by atoms with Crippen LogP contribution in [0.15, 0.2) is 50.9 Å². The van der Waals surface area contributed by atoms with E-state index in [1.807, 2.05) is 36.4 Å². The maximum absolute atomic E-state index is 11.5. The normalized spacial score (nSPS) is 10.8. The molecule has 1 aromatic carbocycles. The zero-order valence-electron chi connectivity index (χ0n) is 10.5. The van der Waals surface area contributed by atoms with Crippen molar-refractivity contribution in [1.82, 2.24) is 9.78 Å². The molecule has 2 aromatic heterocycles. The maximum atomic E-state index is 11.5. The molecule has 0 aliphatic carbocycles. The molecule has 4 nitrogen and oxygen atoms in total. The van der Waals surface area contributed by atoms with E-state index in [-0.39, 0.29) is 5.56 Å². The van der Waals surface area contributed by atoms with E-state index in [4.69, 9.17) is 0 Å². The summed E-state index contributed by atoms with van der Waals surface area (Å²) in [6, 6.07) is 11.3. The first-order valence-electron chi connectivity index (χ1n) is 5.90. The molecule has 0 amide bonds. The van der Waals surface area contributed by atoms with E-state index in [9.17, 15) is 9.90 Å². The van der Waals surface area contributed by atoms with Gasteiger partial charge < -0.3 is 5.11 Å². The van der Waals surface area contributed by atoms with Crippen molar-refractivity contribution in [1.29, 1.82) is 0 Å². The molecule has 0 aliphatic rings. The van der Waals surface area contributed by atoms with Gasteiger partial charge in [0.05, 0.1) is 14.4 Å². The monoisotopic (exact) mass is 426 g/mol. The van der Waals surface area contributed by atoms with E-state index in [2.05, 4.69) is 37.0 Å². The number of thiophene rings is 1. The predicted octanol–water partition coefficient (Wildman–Crippen LogP) is 4.82. The molecule has 0 spiro atoms. The minimum atomic E-state index is -0.993. The summed E-state index contributed by atoms with van der Waals surface area (Å²) in [6.45, 7) is 0. The molecule has 0 saturated heterocycles. The zero-order valence-corrected chi connectivity index (χ0v) is 14.4. The van der Waals surface area contributed by atoms with Crippen LogP contribution < -0.4 is 0 Å². The van der Waals surface area contributed by atoms with Crippen LogP contribution >= 0.6 is 43.2 Å². The number of carboxylic acids is 1. The van der Waals surface area contributed by atoms with Crippen molar-refractivity contribution in [3.63, 3.8) is 0 Å². The summed E-state index contributed by atoms with van der Waals surface area (Å²) in [5.74, 6) is -0.993. The number of hydrogen-bond donors (Lipinski definition) is 1. The van der Waals surface area contributed by atoms with Crippen molar-refractivity contribution >= 4 is 49.2 Å². The van der Waals surface area contributed by atoms with Crippen LogP contribution in [0.2, 0.25) is 0 Å². The summed E-state index contributed by atoms with van der Waals surface area (Å²) in [4.78, 5) is 12.3. The fourth-order valence-electron chi connectivity index (χ4n) is 1.91. The van der Waals surface area contributed by atoms with Crippen LogP contribution in [0.1, 0.15) is 10.4 Å². The summed E-state index contributed by atoms with van der Waals surface area (Å²) < 4.78 is 3.36. The molecular formula is C14H8Br2N2O2S. The Balaban J connectivity index is 2.18. The van der Waals surface area contributed by atoms with E-state index in [1.54, 1.807) is 4.68 Å². The van der Waals surface area contributed by atoms with Gasteiger partial charge in [0, 0.05) is 10.7 Å². The predicted molar refractivity (Wildman–Crippen MR) is 89.2 cm³/mol. The van der Waals surface area contributed by atoms with Gasteiger partial charge in [0.25, 0.3) is 0 Å². The number of para-hydroxylation sites is 1. The summed E-state index contributed by atoms with van der Waals surface area (Å²) >= 11 is 8.29. The lowest BCUT2D eigenvalue weighted by Crippen LogP contribution is -1.96. The van der Waals surface area contributed by atoms with Crippen molar-refractivity contribution in [3.8, 4) is 16.3 Å². The summed E-state index contributed by atoms with van der Waals surface area (Å²) in [5, 5.41) is 13.8. The molecule has 0 aliphatic heterocycles. The van der Waals surface area contributed by atoms with E-state index < -0.39 is 5.97 Å². The molecule has 1 N–H and O–H groups in total. The molecule has 106 valence electrons. The Morgan fingerprint density at radius 3 is 2.57 bits per heavy atom. The van der Waals surface area contributed by atoms with Gasteiger partial charge in [-0.1, -0.05) is 12.1 Å². The highest BCUT2D eigenvalue weighted by molar-refractivity contribution is 9.11. The first kappa shape index (κ1) is 14.5. The Morgan fingerprint density at radius 1 is 1.19 bits per heavy atom. The molecule has 0 atom stereocenters. The fourth-order valence-corrected chi connectivity index (χ4v) is 3.77. The first-order chi connectivity index (χ1) is 10.1. The van der Waals surface area contributed by atoms with Crippen LogP contribution in [0.25, 0.3) is 16.3 Å². The second kappa shape index (κ2) is 5.75. The van der Waals surface area contributed by atoms with Crippen molar-refractivity contribution in [2.45, 2.75) is 0 Å². The van der Waals surface area contributed by atoms with Crippen molar-refractivity contribution in [2.24, 2.45) is 0 Å². The number of aromatic nitrogens is 2. The minimum Gasteiger partial charge on any atom is -0.478 e. The third kappa shape index (κ3) is 2.81. The molecule has 7 heteroatoms. The number of rotatable bonds is 3. The number of benzene rings is 1. The van der Waals surface area contributed by atoms with Gasteiger partial charge >= 0.3 is 5.97 Å². The number of halogens is 2. The highest BCUT2D eigenvalue weighted by Crippen LogP contribution is 2.33. The zero-order chi connectivity index (χ0) is 15.0. The van der Waals surface area contributed by atoms with Gasteiger partial charge in [-0.3, -0.25) is 0 Å². The van der Waals surface area contributed by atoms with Crippen LogP contribution in [0.3, 0.4) is 0 Å². The number of carboxylic acid groups (broad SMARTS) is 1. The highest BCUT2D eigenvalue weighted by atomic mass is 79.9. The van der Waals surface area contributed by atoms with Crippen LogP contribution in [0, 0.1) is 0 Å². The van der Waals surface area contributed by atoms with Gasteiger partial charge in [-0.05, 0) is 56.1 Å². The van der Waals surface area contributed by atoms with Crippen molar-refractivity contribution in [2.75, 3.05) is 0 Å². The van der Waals surface area contributed by atoms with E-state index in [1.165, 1.54) is 17.5 Å². The van der Waals surface area contributed by atoms with E-state index >= 15 is 0 Å². The molecule has 2 heterocycles. The fraction of sp³-hybridized carbons (Fsp3) is 0. The third-order valence-electron chi connectivity index (χ3n) is 2.85. The maximum Gasteiger partial charge on any atom is 0.339 e. The minimum absolute atomic E-state index is 0.181. The summed E-state index contributed by atoms with van der Waals surface area (Å²) in [5.41, 5.74) is 1.44. The van der Waals surface area contributed by atoms with Crippen molar-refractivity contribution in [3.05, 3.63) is 56.4 Å². The van der Waals surface area contributed by atoms with E-state index in [0.29, 0.717) is 5.69 Å². The second-order valence-electron chi connectivity index (χ2n) is 4.20. The Bertz CT molecular complexity index is 826. The highest BCUT2D eigenvalue weighted by Gasteiger charge is 2.19. The molecule has 3 rings (SSSR count). The lowest BCUT2D eigenvalue weighted by molar-refractivity contribution is 0.0697. The summed E-state index contributed by atoms with van der Waals surface area (Å²) in [6.07, 6.45) is 1.53. The van der Waals surface area contributed by atoms with Gasteiger partial charge in [0.15, 0.2) is 0 Å². The second-order valence-corrected chi connectivity index (χ2v) is 7.51. The standard InChI is InChI=1S/C14H8Br2N2O2S/c15-9-3-1-2-4-10(9)18-7-8(14(19)20)13(17-18)11-5-6-12(16)21-11/h1-7H,(H,19,20). The largest absolute Gasteiger partial charge is 0.478 e. The van der Waals surface area contributed by atoms with Crippen LogP contribution in [-0.4, -0.2) is 20.9 Å². The molecule has 0 unspecified atom stereocenters. The molecule has 21 heavy (non-hydrogen) atoms. The van der Waals surface area contributed by atoms with Gasteiger partial charge in [0.2, 0.25) is 0 Å². The van der Waals surface area contributed by atoms with Gasteiger partial charge in [-0.2, -0.15) is 5.10 Å². The lowest BCUT2D eigenvalue weighted by Gasteiger charge is -2.02. The lowest BCUT2D eigenvalue weighted by atomic mass is 10.2. The number of hydrogen-bond acceptors (Lipinski definition) is 3. The smallest absolute Gasteiger partial charge is 0.339 e. The average Bonchev–Trinajstić information content (AvgIpc) is 3.05. The molecular weight excluding hydrogens is 420 g/mol. The van der Waals surface area contributed by atoms with Gasteiger partial charge in [0.1, 0.15) is 11.3 Å². The Morgan fingerprint density at radius 2 is 1.95 bits per heavy atom. The summed E-state index contributed by atoms with van der Waals surface area (Å²) in [7, 11) is 0. The molecule has 0 saturated carbocycles. The number of carbonyl (C=O) groups is 1. The molecule has 0 radical (unpaired) electrons. The SMILES string of the molecule is O=C(O)c1cn(-c2ccccc2Br)nc1-c1ccc(Br)s1. The number of aromatic carboxylic acids is 1.